The quantitative estimate of drug-likeness (QED) is 0.357. The van der Waals surface area contributed by atoms with Gasteiger partial charge in [0.25, 0.3) is 0 Å². The van der Waals surface area contributed by atoms with Gasteiger partial charge < -0.3 is 25.2 Å². The molecule has 8 heteroatoms. The Bertz CT molecular complexity index is 336. The van der Waals surface area contributed by atoms with Crippen LogP contribution in [-0.2, 0) is 4.74 Å². The molecule has 0 radical (unpaired) electrons. The minimum absolute atomic E-state index is 0.391. The highest BCUT2D eigenvalue weighted by Crippen LogP contribution is 2.25. The Morgan fingerprint density at radius 2 is 2.06 bits per heavy atom. The smallest absolute Gasteiger partial charge is 0.152 e. The molecular weight excluding hydrogens is 242 g/mol. The highest BCUT2D eigenvalue weighted by atomic mass is 16.6. The van der Waals surface area contributed by atoms with Crippen LogP contribution in [0, 0.1) is 17.2 Å². The van der Waals surface area contributed by atoms with E-state index in [2.05, 4.69) is 5.43 Å². The fourth-order valence-electron chi connectivity index (χ4n) is 2.23. The third-order valence-electron chi connectivity index (χ3n) is 3.35. The fraction of sp³-hybridized carbons (Fsp3) is 0.900. The molecule has 102 valence electrons. The second-order valence-electron chi connectivity index (χ2n) is 4.52. The number of aliphatic hydroxyl groups is 4. The minimum Gasteiger partial charge on any atom is -0.394 e. The van der Waals surface area contributed by atoms with Crippen molar-refractivity contribution >= 4 is 0 Å². The van der Waals surface area contributed by atoms with Crippen molar-refractivity contribution in [1.82, 2.24) is 10.4 Å². The van der Waals surface area contributed by atoms with Crippen molar-refractivity contribution < 1.29 is 25.2 Å². The molecule has 0 aliphatic carbocycles. The average Bonchev–Trinajstić information content (AvgIpc) is 2.66. The SMILES string of the molecule is N#CC1CCN(C2OC(CO)C(O)C2O)NC1O. The molecule has 6 unspecified atom stereocenters. The highest BCUT2D eigenvalue weighted by Gasteiger charge is 2.46. The second kappa shape index (κ2) is 5.46. The molecule has 0 amide bonds. The summed E-state index contributed by atoms with van der Waals surface area (Å²) in [6, 6.07) is 1.97. The predicted octanol–water partition coefficient (Wildman–Crippen LogP) is -2.91. The Labute approximate surface area is 104 Å². The average molecular weight is 259 g/mol. The van der Waals surface area contributed by atoms with Gasteiger partial charge in [-0.1, -0.05) is 0 Å². The zero-order chi connectivity index (χ0) is 13.3. The topological polar surface area (TPSA) is 129 Å². The summed E-state index contributed by atoms with van der Waals surface area (Å²) >= 11 is 0. The Hall–Kier alpha value is -0.790. The Kier molecular flexibility index (Phi) is 4.14. The van der Waals surface area contributed by atoms with Gasteiger partial charge in [-0.25, -0.2) is 10.4 Å². The van der Waals surface area contributed by atoms with Gasteiger partial charge in [0.15, 0.2) is 6.23 Å². The number of nitriles is 1. The van der Waals surface area contributed by atoms with Crippen LogP contribution >= 0.6 is 0 Å². The number of hydrogen-bond donors (Lipinski definition) is 5. The molecule has 0 aromatic carbocycles. The first kappa shape index (κ1) is 13.6. The molecule has 8 nitrogen and oxygen atoms in total. The lowest BCUT2D eigenvalue weighted by atomic mass is 10.0. The number of nitrogens with one attached hydrogen (secondary N) is 1. The summed E-state index contributed by atoms with van der Waals surface area (Å²) in [7, 11) is 0. The van der Waals surface area contributed by atoms with E-state index >= 15 is 0 Å². The number of aliphatic hydroxyl groups excluding tert-OH is 4. The summed E-state index contributed by atoms with van der Waals surface area (Å²) in [5, 5.41) is 48.3. The van der Waals surface area contributed by atoms with Crippen LogP contribution in [0.25, 0.3) is 0 Å². The van der Waals surface area contributed by atoms with Crippen LogP contribution in [0.5, 0.6) is 0 Å². The molecule has 0 bridgehead atoms. The van der Waals surface area contributed by atoms with Crippen molar-refractivity contribution in [3.8, 4) is 6.07 Å². The van der Waals surface area contributed by atoms with Crippen molar-refractivity contribution in [2.45, 2.75) is 37.2 Å². The van der Waals surface area contributed by atoms with Gasteiger partial charge in [0, 0.05) is 6.54 Å². The van der Waals surface area contributed by atoms with Crippen LogP contribution in [0.15, 0.2) is 0 Å². The van der Waals surface area contributed by atoms with Crippen LogP contribution in [-0.4, -0.2) is 69.4 Å². The Morgan fingerprint density at radius 3 is 2.56 bits per heavy atom. The van der Waals surface area contributed by atoms with Crippen LogP contribution in [0.1, 0.15) is 6.42 Å². The molecule has 0 spiro atoms. The first-order chi connectivity index (χ1) is 8.58. The van der Waals surface area contributed by atoms with E-state index in [0.717, 1.165) is 0 Å². The van der Waals surface area contributed by atoms with Gasteiger partial charge in [-0.15, -0.1) is 0 Å². The maximum atomic E-state index is 9.81. The van der Waals surface area contributed by atoms with Crippen LogP contribution < -0.4 is 5.43 Å². The van der Waals surface area contributed by atoms with Gasteiger partial charge in [0.05, 0.1) is 18.6 Å². The summed E-state index contributed by atoms with van der Waals surface area (Å²) in [6.07, 6.45) is -4.67. The first-order valence-electron chi connectivity index (χ1n) is 5.81. The van der Waals surface area contributed by atoms with Gasteiger partial charge >= 0.3 is 0 Å². The van der Waals surface area contributed by atoms with Crippen LogP contribution in [0.4, 0.5) is 0 Å². The molecule has 5 N–H and O–H groups in total. The second-order valence-corrected chi connectivity index (χ2v) is 4.52. The lowest BCUT2D eigenvalue weighted by molar-refractivity contribution is -0.157. The molecular formula is C10H17N3O5. The van der Waals surface area contributed by atoms with Gasteiger partial charge in [0.1, 0.15) is 24.5 Å². The summed E-state index contributed by atoms with van der Waals surface area (Å²) in [5.74, 6) is -0.515. The molecule has 2 heterocycles. The largest absolute Gasteiger partial charge is 0.394 e. The van der Waals surface area contributed by atoms with Gasteiger partial charge in [-0.3, -0.25) is 0 Å². The molecule has 0 aromatic heterocycles. The molecule has 2 saturated heterocycles. The normalized spacial score (nSPS) is 45.9. The highest BCUT2D eigenvalue weighted by molar-refractivity contribution is 4.94. The van der Waals surface area contributed by atoms with Crippen molar-refractivity contribution in [3.63, 3.8) is 0 Å². The Morgan fingerprint density at radius 1 is 1.33 bits per heavy atom. The monoisotopic (exact) mass is 259 g/mol. The van der Waals surface area contributed by atoms with Crippen LogP contribution in [0.2, 0.25) is 0 Å². The molecule has 18 heavy (non-hydrogen) atoms. The number of nitrogens with zero attached hydrogens (tertiary/aromatic N) is 2. The summed E-state index contributed by atoms with van der Waals surface area (Å²) in [4.78, 5) is 0. The minimum atomic E-state index is -1.18. The fourth-order valence-corrected chi connectivity index (χ4v) is 2.23. The van der Waals surface area contributed by atoms with E-state index in [1.165, 1.54) is 5.01 Å². The number of hydrogen-bond acceptors (Lipinski definition) is 8. The number of hydrazine groups is 1. The van der Waals surface area contributed by atoms with Gasteiger partial charge in [-0.05, 0) is 6.42 Å². The van der Waals surface area contributed by atoms with E-state index in [1.807, 2.05) is 6.07 Å². The van der Waals surface area contributed by atoms with Gasteiger partial charge in [-0.2, -0.15) is 5.26 Å². The molecule has 0 saturated carbocycles. The van der Waals surface area contributed by atoms with Gasteiger partial charge in [0.2, 0.25) is 0 Å². The van der Waals surface area contributed by atoms with E-state index in [-0.39, 0.29) is 0 Å². The van der Waals surface area contributed by atoms with E-state index in [9.17, 15) is 15.3 Å². The molecule has 2 fully saturated rings. The standard InChI is InChI=1S/C10H17N3O5/c11-3-5-1-2-13(12-9(5)17)10-8(16)7(15)6(4-14)18-10/h5-10,12,14-17H,1-2,4H2. The first-order valence-corrected chi connectivity index (χ1v) is 5.81. The van der Waals surface area contributed by atoms with Crippen LogP contribution in [0.3, 0.4) is 0 Å². The molecule has 2 aliphatic heterocycles. The maximum absolute atomic E-state index is 9.81. The molecule has 6 atom stereocenters. The lowest BCUT2D eigenvalue weighted by Crippen LogP contribution is -2.59. The number of rotatable bonds is 2. The zero-order valence-corrected chi connectivity index (χ0v) is 9.68. The van der Waals surface area contributed by atoms with Crippen molar-refractivity contribution in [2.24, 2.45) is 5.92 Å². The summed E-state index contributed by atoms with van der Waals surface area (Å²) in [5.41, 5.74) is 2.64. The van der Waals surface area contributed by atoms with E-state index < -0.39 is 43.3 Å². The number of ether oxygens (including phenoxy) is 1. The van der Waals surface area contributed by atoms with E-state index in [4.69, 9.17) is 15.1 Å². The molecule has 2 aliphatic rings. The van der Waals surface area contributed by atoms with Crippen molar-refractivity contribution in [3.05, 3.63) is 0 Å². The Balaban J connectivity index is 1.99. The predicted molar refractivity (Wildman–Crippen MR) is 57.3 cm³/mol. The lowest BCUT2D eigenvalue weighted by Gasteiger charge is -2.38. The molecule has 0 aromatic rings. The zero-order valence-electron chi connectivity index (χ0n) is 9.68. The van der Waals surface area contributed by atoms with Crippen molar-refractivity contribution in [1.29, 1.82) is 5.26 Å². The van der Waals surface area contributed by atoms with E-state index in [0.29, 0.717) is 13.0 Å². The van der Waals surface area contributed by atoms with Crippen molar-refractivity contribution in [2.75, 3.05) is 13.2 Å². The maximum Gasteiger partial charge on any atom is 0.152 e. The van der Waals surface area contributed by atoms with E-state index in [1.54, 1.807) is 0 Å². The third-order valence-corrected chi connectivity index (χ3v) is 3.35. The molecule has 2 rings (SSSR count). The summed E-state index contributed by atoms with van der Waals surface area (Å²) < 4.78 is 5.31. The summed E-state index contributed by atoms with van der Waals surface area (Å²) in [6.45, 7) is -0.00613. The third kappa shape index (κ3) is 2.34.